The fraction of sp³-hybridized carbons (Fsp3) is 0.357. The zero-order valence-electron chi connectivity index (χ0n) is 10.1. The second kappa shape index (κ2) is 4.34. The SMILES string of the molecule is CCn1nc(/C=C2\CCNC2)c2ccccc21. The number of nitrogens with zero attached hydrogens (tertiary/aromatic N) is 2. The lowest BCUT2D eigenvalue weighted by molar-refractivity contribution is 0.681. The van der Waals surface area contributed by atoms with Crippen LogP contribution >= 0.6 is 0 Å². The number of aromatic nitrogens is 2. The van der Waals surface area contributed by atoms with E-state index in [-0.39, 0.29) is 0 Å². The van der Waals surface area contributed by atoms with Crippen LogP contribution in [0.4, 0.5) is 0 Å². The van der Waals surface area contributed by atoms with Gasteiger partial charge in [0.1, 0.15) is 0 Å². The Morgan fingerprint density at radius 2 is 2.29 bits per heavy atom. The van der Waals surface area contributed by atoms with Gasteiger partial charge in [0, 0.05) is 18.5 Å². The number of fused-ring (bicyclic) bond motifs is 1. The molecule has 0 atom stereocenters. The predicted octanol–water partition coefficient (Wildman–Crippen LogP) is 2.43. The highest BCUT2D eigenvalue weighted by atomic mass is 15.3. The third-order valence-electron chi connectivity index (χ3n) is 3.30. The second-order valence-corrected chi connectivity index (χ2v) is 4.45. The molecular weight excluding hydrogens is 210 g/mol. The number of rotatable bonds is 2. The fourth-order valence-corrected chi connectivity index (χ4v) is 2.40. The van der Waals surface area contributed by atoms with Crippen molar-refractivity contribution >= 4 is 17.0 Å². The lowest BCUT2D eigenvalue weighted by atomic mass is 10.1. The van der Waals surface area contributed by atoms with Gasteiger partial charge in [-0.05, 0) is 32.0 Å². The first kappa shape index (κ1) is 10.5. The van der Waals surface area contributed by atoms with E-state index in [0.717, 1.165) is 31.7 Å². The molecule has 1 fully saturated rings. The lowest BCUT2D eigenvalue weighted by Gasteiger charge is -1.95. The van der Waals surface area contributed by atoms with Crippen molar-refractivity contribution in [3.05, 3.63) is 35.5 Å². The zero-order valence-corrected chi connectivity index (χ0v) is 10.1. The summed E-state index contributed by atoms with van der Waals surface area (Å²) in [5, 5.41) is 9.30. The van der Waals surface area contributed by atoms with Gasteiger partial charge in [-0.1, -0.05) is 23.8 Å². The topological polar surface area (TPSA) is 29.9 Å². The molecule has 3 rings (SSSR count). The third-order valence-corrected chi connectivity index (χ3v) is 3.30. The van der Waals surface area contributed by atoms with Crippen LogP contribution in [0.3, 0.4) is 0 Å². The molecule has 17 heavy (non-hydrogen) atoms. The van der Waals surface area contributed by atoms with Gasteiger partial charge in [0.25, 0.3) is 0 Å². The Balaban J connectivity index is 2.12. The molecule has 2 heterocycles. The van der Waals surface area contributed by atoms with Gasteiger partial charge in [-0.2, -0.15) is 5.10 Å². The summed E-state index contributed by atoms with van der Waals surface area (Å²) in [6.07, 6.45) is 3.39. The Morgan fingerprint density at radius 3 is 3.06 bits per heavy atom. The van der Waals surface area contributed by atoms with E-state index in [4.69, 9.17) is 0 Å². The molecule has 0 bridgehead atoms. The van der Waals surface area contributed by atoms with Crippen molar-refractivity contribution in [2.45, 2.75) is 19.9 Å². The van der Waals surface area contributed by atoms with E-state index < -0.39 is 0 Å². The number of para-hydroxylation sites is 1. The Hall–Kier alpha value is -1.61. The molecule has 1 aliphatic heterocycles. The molecule has 0 amide bonds. The molecule has 3 heteroatoms. The van der Waals surface area contributed by atoms with E-state index in [1.807, 2.05) is 0 Å². The van der Waals surface area contributed by atoms with Gasteiger partial charge in [-0.15, -0.1) is 0 Å². The average Bonchev–Trinajstić information content (AvgIpc) is 2.98. The smallest absolute Gasteiger partial charge is 0.0929 e. The predicted molar refractivity (Wildman–Crippen MR) is 70.9 cm³/mol. The normalized spacial score (nSPS) is 18.3. The molecule has 3 nitrogen and oxygen atoms in total. The quantitative estimate of drug-likeness (QED) is 0.854. The van der Waals surface area contributed by atoms with E-state index >= 15 is 0 Å². The molecule has 1 aromatic heterocycles. The Kier molecular flexibility index (Phi) is 2.69. The summed E-state index contributed by atoms with van der Waals surface area (Å²) in [6, 6.07) is 8.45. The van der Waals surface area contributed by atoms with Crippen molar-refractivity contribution in [3.63, 3.8) is 0 Å². The van der Waals surface area contributed by atoms with Crippen LogP contribution in [0.5, 0.6) is 0 Å². The van der Waals surface area contributed by atoms with Gasteiger partial charge >= 0.3 is 0 Å². The molecule has 1 aliphatic rings. The summed E-state index contributed by atoms with van der Waals surface area (Å²) in [5.41, 5.74) is 3.80. The van der Waals surface area contributed by atoms with Crippen LogP contribution in [0, 0.1) is 0 Å². The number of aryl methyl sites for hydroxylation is 1. The molecule has 1 N–H and O–H groups in total. The van der Waals surface area contributed by atoms with Gasteiger partial charge in [-0.25, -0.2) is 0 Å². The van der Waals surface area contributed by atoms with Crippen molar-refractivity contribution in [1.82, 2.24) is 15.1 Å². The molecule has 0 unspecified atom stereocenters. The van der Waals surface area contributed by atoms with Gasteiger partial charge < -0.3 is 5.32 Å². The van der Waals surface area contributed by atoms with E-state index in [9.17, 15) is 0 Å². The summed E-state index contributed by atoms with van der Waals surface area (Å²) in [7, 11) is 0. The van der Waals surface area contributed by atoms with E-state index in [2.05, 4.69) is 52.4 Å². The van der Waals surface area contributed by atoms with Gasteiger partial charge in [0.2, 0.25) is 0 Å². The molecule has 1 saturated heterocycles. The lowest BCUT2D eigenvalue weighted by Crippen LogP contribution is -2.04. The van der Waals surface area contributed by atoms with Crippen LogP contribution in [0.1, 0.15) is 19.0 Å². The van der Waals surface area contributed by atoms with Crippen molar-refractivity contribution in [3.8, 4) is 0 Å². The van der Waals surface area contributed by atoms with E-state index in [0.29, 0.717) is 0 Å². The van der Waals surface area contributed by atoms with Gasteiger partial charge in [0.05, 0.1) is 11.2 Å². The largest absolute Gasteiger partial charge is 0.313 e. The first-order chi connectivity index (χ1) is 8.38. The Morgan fingerprint density at radius 1 is 1.41 bits per heavy atom. The number of nitrogens with one attached hydrogen (secondary N) is 1. The molecule has 0 saturated carbocycles. The molecular formula is C14H17N3. The van der Waals surface area contributed by atoms with Crippen LogP contribution in [0.25, 0.3) is 17.0 Å². The van der Waals surface area contributed by atoms with Crippen molar-refractivity contribution in [2.75, 3.05) is 13.1 Å². The van der Waals surface area contributed by atoms with Crippen LogP contribution in [-0.2, 0) is 6.54 Å². The van der Waals surface area contributed by atoms with Crippen LogP contribution in [-0.4, -0.2) is 22.9 Å². The molecule has 2 aromatic rings. The zero-order chi connectivity index (χ0) is 11.7. The highest BCUT2D eigenvalue weighted by Gasteiger charge is 2.10. The van der Waals surface area contributed by atoms with Crippen LogP contribution in [0.15, 0.2) is 29.8 Å². The molecule has 0 spiro atoms. The monoisotopic (exact) mass is 227 g/mol. The first-order valence-electron chi connectivity index (χ1n) is 6.24. The highest BCUT2D eigenvalue weighted by molar-refractivity contribution is 5.87. The molecule has 0 radical (unpaired) electrons. The standard InChI is InChI=1S/C14H17N3/c1-2-17-14-6-4-3-5-12(14)13(16-17)9-11-7-8-15-10-11/h3-6,9,15H,2,7-8,10H2,1H3/b11-9+. The minimum atomic E-state index is 0.919. The molecule has 0 aliphatic carbocycles. The maximum absolute atomic E-state index is 4.68. The minimum Gasteiger partial charge on any atom is -0.313 e. The second-order valence-electron chi connectivity index (χ2n) is 4.45. The first-order valence-corrected chi connectivity index (χ1v) is 6.24. The van der Waals surface area contributed by atoms with Crippen molar-refractivity contribution in [2.24, 2.45) is 0 Å². The molecule has 1 aromatic carbocycles. The summed E-state index contributed by atoms with van der Waals surface area (Å²) in [5.74, 6) is 0. The van der Waals surface area contributed by atoms with E-state index in [1.54, 1.807) is 0 Å². The molecule has 88 valence electrons. The Bertz CT molecular complexity index is 558. The number of benzene rings is 1. The highest BCUT2D eigenvalue weighted by Crippen LogP contribution is 2.21. The van der Waals surface area contributed by atoms with Crippen LogP contribution < -0.4 is 5.32 Å². The van der Waals surface area contributed by atoms with Crippen LogP contribution in [0.2, 0.25) is 0 Å². The fourth-order valence-electron chi connectivity index (χ4n) is 2.40. The third kappa shape index (κ3) is 1.87. The van der Waals surface area contributed by atoms with Gasteiger partial charge in [-0.3, -0.25) is 4.68 Å². The maximum atomic E-state index is 4.68. The van der Waals surface area contributed by atoms with Crippen molar-refractivity contribution in [1.29, 1.82) is 0 Å². The Labute approximate surface area is 101 Å². The van der Waals surface area contributed by atoms with E-state index in [1.165, 1.54) is 16.5 Å². The minimum absolute atomic E-state index is 0.919. The maximum Gasteiger partial charge on any atom is 0.0929 e. The summed E-state index contributed by atoms with van der Waals surface area (Å²) in [4.78, 5) is 0. The van der Waals surface area contributed by atoms with Gasteiger partial charge in [0.15, 0.2) is 0 Å². The van der Waals surface area contributed by atoms with Crippen molar-refractivity contribution < 1.29 is 0 Å². The summed E-state index contributed by atoms with van der Waals surface area (Å²) >= 11 is 0. The average molecular weight is 227 g/mol. The summed E-state index contributed by atoms with van der Waals surface area (Å²) in [6.45, 7) is 5.15. The summed E-state index contributed by atoms with van der Waals surface area (Å²) < 4.78 is 2.07. The number of hydrogen-bond acceptors (Lipinski definition) is 2. The number of hydrogen-bond donors (Lipinski definition) is 1.